The lowest BCUT2D eigenvalue weighted by atomic mass is 9.58. The fourth-order valence-corrected chi connectivity index (χ4v) is 1.72. The predicted octanol–water partition coefficient (Wildman–Crippen LogP) is 0.626. The first-order valence-electron chi connectivity index (χ1n) is 3.91. The Kier molecular flexibility index (Phi) is 1.89. The molecular formula is C9H12O3. The Morgan fingerprint density at radius 1 is 1.67 bits per heavy atom. The van der Waals surface area contributed by atoms with Crippen LogP contribution in [0.5, 0.6) is 0 Å². The lowest BCUT2D eigenvalue weighted by Gasteiger charge is -2.47. The maximum Gasteiger partial charge on any atom is 0.309 e. The minimum absolute atomic E-state index is 0.183. The smallest absolute Gasteiger partial charge is 0.309 e. The van der Waals surface area contributed by atoms with Gasteiger partial charge in [-0.15, -0.1) is 6.42 Å². The highest BCUT2D eigenvalue weighted by atomic mass is 16.4. The third-order valence-electron chi connectivity index (χ3n) is 2.66. The molecule has 0 heterocycles. The molecule has 2 N–H and O–H groups in total. The van der Waals surface area contributed by atoms with Crippen LogP contribution in [-0.4, -0.2) is 21.8 Å². The van der Waals surface area contributed by atoms with Crippen molar-refractivity contribution in [1.29, 1.82) is 0 Å². The third-order valence-corrected chi connectivity index (χ3v) is 2.66. The van der Waals surface area contributed by atoms with Crippen molar-refractivity contribution in [2.45, 2.75) is 31.8 Å². The second-order valence-electron chi connectivity index (χ2n) is 3.47. The van der Waals surface area contributed by atoms with Gasteiger partial charge in [0, 0.05) is 12.8 Å². The third kappa shape index (κ3) is 1.09. The molecule has 3 heteroatoms. The second kappa shape index (κ2) is 2.49. The van der Waals surface area contributed by atoms with Crippen molar-refractivity contribution in [3.63, 3.8) is 0 Å². The van der Waals surface area contributed by atoms with E-state index < -0.39 is 17.0 Å². The van der Waals surface area contributed by atoms with E-state index in [0.717, 1.165) is 0 Å². The summed E-state index contributed by atoms with van der Waals surface area (Å²) in [5.74, 6) is 1.36. The van der Waals surface area contributed by atoms with Gasteiger partial charge in [0.2, 0.25) is 0 Å². The summed E-state index contributed by atoms with van der Waals surface area (Å²) in [7, 11) is 0. The summed E-state index contributed by atoms with van der Waals surface area (Å²) < 4.78 is 0. The zero-order chi connectivity index (χ0) is 9.41. The maximum absolute atomic E-state index is 10.8. The summed E-state index contributed by atoms with van der Waals surface area (Å²) in [6.07, 6.45) is 5.94. The first-order chi connectivity index (χ1) is 5.48. The molecule has 0 atom stereocenters. The van der Waals surface area contributed by atoms with Crippen molar-refractivity contribution in [1.82, 2.24) is 0 Å². The van der Waals surface area contributed by atoms with Gasteiger partial charge >= 0.3 is 5.97 Å². The standard InChI is InChI=1S/C9H12O3/c1-3-8(7(10)11)5-9(12,4-2)6-8/h2,12H,3,5-6H2,1H3,(H,10,11). The van der Waals surface area contributed by atoms with Crippen LogP contribution < -0.4 is 0 Å². The van der Waals surface area contributed by atoms with Gasteiger partial charge in [-0.2, -0.15) is 0 Å². The molecule has 0 aliphatic heterocycles. The maximum atomic E-state index is 10.8. The van der Waals surface area contributed by atoms with Gasteiger partial charge in [-0.05, 0) is 6.42 Å². The van der Waals surface area contributed by atoms with Crippen molar-refractivity contribution < 1.29 is 15.0 Å². The Balaban J connectivity index is 2.72. The number of hydrogen-bond donors (Lipinski definition) is 2. The molecule has 1 aliphatic carbocycles. The molecule has 1 rings (SSSR count). The van der Waals surface area contributed by atoms with Gasteiger partial charge < -0.3 is 10.2 Å². The minimum Gasteiger partial charge on any atom is -0.481 e. The summed E-state index contributed by atoms with van der Waals surface area (Å²) in [5.41, 5.74) is -1.95. The molecule has 0 aromatic carbocycles. The Bertz CT molecular complexity index is 243. The largest absolute Gasteiger partial charge is 0.481 e. The molecule has 0 aromatic rings. The number of aliphatic hydroxyl groups is 1. The fraction of sp³-hybridized carbons (Fsp3) is 0.667. The van der Waals surface area contributed by atoms with E-state index in [-0.39, 0.29) is 12.8 Å². The van der Waals surface area contributed by atoms with E-state index in [4.69, 9.17) is 11.5 Å². The molecule has 1 aliphatic rings. The summed E-state index contributed by atoms with van der Waals surface area (Å²) in [6.45, 7) is 1.80. The zero-order valence-electron chi connectivity index (χ0n) is 7.00. The molecule has 0 bridgehead atoms. The molecule has 1 saturated carbocycles. The number of carboxylic acid groups (broad SMARTS) is 1. The van der Waals surface area contributed by atoms with Crippen LogP contribution >= 0.6 is 0 Å². The number of rotatable bonds is 2. The van der Waals surface area contributed by atoms with Gasteiger partial charge in [-0.3, -0.25) is 4.79 Å². The Morgan fingerprint density at radius 3 is 2.42 bits per heavy atom. The second-order valence-corrected chi connectivity index (χ2v) is 3.47. The monoisotopic (exact) mass is 168 g/mol. The van der Waals surface area contributed by atoms with E-state index in [9.17, 15) is 9.90 Å². The molecule has 1 fully saturated rings. The van der Waals surface area contributed by atoms with Crippen LogP contribution in [0.25, 0.3) is 0 Å². The van der Waals surface area contributed by atoms with E-state index in [0.29, 0.717) is 6.42 Å². The van der Waals surface area contributed by atoms with E-state index in [1.165, 1.54) is 0 Å². The van der Waals surface area contributed by atoms with Gasteiger partial charge in [0.1, 0.15) is 5.60 Å². The van der Waals surface area contributed by atoms with E-state index in [1.807, 2.05) is 0 Å². The van der Waals surface area contributed by atoms with Crippen molar-refractivity contribution in [2.75, 3.05) is 0 Å². The zero-order valence-corrected chi connectivity index (χ0v) is 7.00. The quantitative estimate of drug-likeness (QED) is 0.594. The molecular weight excluding hydrogens is 156 g/mol. The molecule has 12 heavy (non-hydrogen) atoms. The first kappa shape index (κ1) is 9.08. The van der Waals surface area contributed by atoms with Gasteiger partial charge in [-0.1, -0.05) is 12.8 Å². The molecule has 0 aromatic heterocycles. The van der Waals surface area contributed by atoms with Crippen molar-refractivity contribution in [3.8, 4) is 12.3 Å². The van der Waals surface area contributed by atoms with Crippen LogP contribution in [-0.2, 0) is 4.79 Å². The summed E-state index contributed by atoms with van der Waals surface area (Å²) >= 11 is 0. The van der Waals surface area contributed by atoms with Crippen LogP contribution in [0.4, 0.5) is 0 Å². The highest BCUT2D eigenvalue weighted by Crippen LogP contribution is 2.50. The van der Waals surface area contributed by atoms with Crippen molar-refractivity contribution >= 4 is 5.97 Å². The normalized spacial score (nSPS) is 39.8. The van der Waals surface area contributed by atoms with E-state index >= 15 is 0 Å². The van der Waals surface area contributed by atoms with Gasteiger partial charge in [-0.25, -0.2) is 0 Å². The minimum atomic E-state index is -1.17. The Morgan fingerprint density at radius 2 is 2.17 bits per heavy atom. The molecule has 0 radical (unpaired) electrons. The fourth-order valence-electron chi connectivity index (χ4n) is 1.72. The molecule has 0 amide bonds. The van der Waals surface area contributed by atoms with Crippen LogP contribution in [0.1, 0.15) is 26.2 Å². The Hall–Kier alpha value is -1.01. The molecule has 0 spiro atoms. The number of carbonyl (C=O) groups is 1. The summed E-state index contributed by atoms with van der Waals surface area (Å²) in [4.78, 5) is 10.8. The average Bonchev–Trinajstić information content (AvgIpc) is 1.98. The van der Waals surface area contributed by atoms with E-state index in [2.05, 4.69) is 5.92 Å². The van der Waals surface area contributed by atoms with Crippen molar-refractivity contribution in [2.24, 2.45) is 5.41 Å². The van der Waals surface area contributed by atoms with Crippen LogP contribution in [0.2, 0.25) is 0 Å². The first-order valence-corrected chi connectivity index (χ1v) is 3.91. The average molecular weight is 168 g/mol. The molecule has 66 valence electrons. The highest BCUT2D eigenvalue weighted by Gasteiger charge is 2.56. The lowest BCUT2D eigenvalue weighted by Crippen LogP contribution is -2.54. The number of carboxylic acids is 1. The van der Waals surface area contributed by atoms with Gasteiger partial charge in [0.25, 0.3) is 0 Å². The molecule has 0 unspecified atom stereocenters. The van der Waals surface area contributed by atoms with Gasteiger partial charge in [0.15, 0.2) is 0 Å². The number of hydrogen-bond acceptors (Lipinski definition) is 2. The molecule has 3 nitrogen and oxygen atoms in total. The van der Waals surface area contributed by atoms with Crippen LogP contribution in [0.3, 0.4) is 0 Å². The summed E-state index contributed by atoms with van der Waals surface area (Å²) in [6, 6.07) is 0. The molecule has 0 saturated heterocycles. The topological polar surface area (TPSA) is 57.5 Å². The highest BCUT2D eigenvalue weighted by molar-refractivity contribution is 5.77. The van der Waals surface area contributed by atoms with Crippen LogP contribution in [0, 0.1) is 17.8 Å². The SMILES string of the molecule is C#CC1(O)CC(CC)(C(=O)O)C1. The number of aliphatic carboxylic acids is 1. The summed E-state index contributed by atoms with van der Waals surface area (Å²) in [5, 5.41) is 18.3. The lowest BCUT2D eigenvalue weighted by molar-refractivity contribution is -0.171. The van der Waals surface area contributed by atoms with Crippen LogP contribution in [0.15, 0.2) is 0 Å². The van der Waals surface area contributed by atoms with Crippen molar-refractivity contribution in [3.05, 3.63) is 0 Å². The Labute approximate surface area is 71.4 Å². The number of terminal acetylenes is 1. The van der Waals surface area contributed by atoms with E-state index in [1.54, 1.807) is 6.92 Å². The van der Waals surface area contributed by atoms with Gasteiger partial charge in [0.05, 0.1) is 5.41 Å². The predicted molar refractivity (Wildman–Crippen MR) is 43.4 cm³/mol.